The third-order valence-corrected chi connectivity index (χ3v) is 10.4. The smallest absolute Gasteiger partial charge is 0.270 e. The molecule has 1 N–H and O–H groups in total. The van der Waals surface area contributed by atoms with E-state index in [4.69, 9.17) is 12.2 Å². The monoisotopic (exact) mass is 563 g/mol. The van der Waals surface area contributed by atoms with Crippen LogP contribution in [0.15, 0.2) is 54.1 Å². The van der Waals surface area contributed by atoms with E-state index in [0.29, 0.717) is 11.1 Å². The third-order valence-electron chi connectivity index (χ3n) is 10.1. The number of carbonyl (C=O) groups is 2. The molecule has 1 aliphatic heterocycles. The number of aromatic nitrogens is 1. The van der Waals surface area contributed by atoms with E-state index in [1.807, 2.05) is 45.0 Å². The molecule has 210 valence electrons. The van der Waals surface area contributed by atoms with E-state index in [1.165, 1.54) is 49.0 Å². The lowest BCUT2D eigenvalue weighted by atomic mass is 9.48. The van der Waals surface area contributed by atoms with Gasteiger partial charge in [-0.15, -0.1) is 0 Å². The van der Waals surface area contributed by atoms with Gasteiger partial charge in [0.15, 0.2) is 5.11 Å². The number of nitrogens with zero attached hydrogens (tertiary/aromatic N) is 2. The molecule has 8 rings (SSSR count). The van der Waals surface area contributed by atoms with E-state index in [2.05, 4.69) is 41.1 Å². The predicted molar refractivity (Wildman–Crippen MR) is 167 cm³/mol. The molecular formula is C35H37N3O2S. The molecule has 4 bridgehead atoms. The van der Waals surface area contributed by atoms with Crippen LogP contribution in [0.4, 0.5) is 5.69 Å². The van der Waals surface area contributed by atoms with Crippen LogP contribution in [0, 0.1) is 45.4 Å². The number of nitrogens with one attached hydrogen (secondary N) is 1. The summed E-state index contributed by atoms with van der Waals surface area (Å²) in [5, 5.41) is 2.83. The first kappa shape index (κ1) is 26.4. The topological polar surface area (TPSA) is 54.3 Å². The molecule has 4 aliphatic carbocycles. The van der Waals surface area contributed by atoms with Gasteiger partial charge in [-0.2, -0.15) is 0 Å². The Labute approximate surface area is 247 Å². The number of anilines is 1. The van der Waals surface area contributed by atoms with Gasteiger partial charge in [-0.25, -0.2) is 0 Å². The molecule has 2 aromatic carbocycles. The maximum Gasteiger partial charge on any atom is 0.270 e. The predicted octanol–water partition coefficient (Wildman–Crippen LogP) is 7.01. The average Bonchev–Trinajstić information content (AvgIpc) is 3.17. The average molecular weight is 564 g/mol. The summed E-state index contributed by atoms with van der Waals surface area (Å²) >= 11 is 5.42. The van der Waals surface area contributed by atoms with E-state index < -0.39 is 11.8 Å². The van der Waals surface area contributed by atoms with Crippen molar-refractivity contribution in [1.29, 1.82) is 0 Å². The number of rotatable bonds is 4. The molecule has 0 unspecified atom stereocenters. The first-order valence-corrected chi connectivity index (χ1v) is 15.3. The molecule has 2 amide bonds. The van der Waals surface area contributed by atoms with Crippen molar-refractivity contribution in [3.8, 4) is 5.69 Å². The van der Waals surface area contributed by atoms with Gasteiger partial charge in [0.25, 0.3) is 11.8 Å². The third kappa shape index (κ3) is 4.39. The number of hydrogen-bond acceptors (Lipinski definition) is 3. The summed E-state index contributed by atoms with van der Waals surface area (Å²) in [6, 6.07) is 17.1. The summed E-state index contributed by atoms with van der Waals surface area (Å²) in [7, 11) is 0. The number of hydrogen-bond donors (Lipinski definition) is 1. The highest BCUT2D eigenvalue weighted by Crippen LogP contribution is 2.60. The molecular weight excluding hydrogens is 526 g/mol. The van der Waals surface area contributed by atoms with Crippen LogP contribution in [-0.4, -0.2) is 21.5 Å². The fourth-order valence-corrected chi connectivity index (χ4v) is 9.17. The zero-order chi connectivity index (χ0) is 28.6. The van der Waals surface area contributed by atoms with Gasteiger partial charge in [0, 0.05) is 17.1 Å². The Bertz CT molecular complexity index is 1590. The number of benzene rings is 2. The molecule has 5 fully saturated rings. The van der Waals surface area contributed by atoms with Crippen molar-refractivity contribution in [2.24, 2.45) is 17.8 Å². The number of thiocarbonyl (C=S) groups is 1. The Morgan fingerprint density at radius 2 is 1.41 bits per heavy atom. The van der Waals surface area contributed by atoms with Crippen LogP contribution in [-0.2, 0) is 15.0 Å². The van der Waals surface area contributed by atoms with Gasteiger partial charge < -0.3 is 4.57 Å². The molecule has 5 aliphatic rings. The van der Waals surface area contributed by atoms with E-state index in [0.717, 1.165) is 51.5 Å². The Hall–Kier alpha value is -3.51. The lowest BCUT2D eigenvalue weighted by Crippen LogP contribution is -2.54. The summed E-state index contributed by atoms with van der Waals surface area (Å²) in [5.41, 5.74) is 8.67. The Morgan fingerprint density at radius 1 is 0.829 bits per heavy atom. The summed E-state index contributed by atoms with van der Waals surface area (Å²) in [6.07, 6.45) is 10.1. The fraction of sp³-hybridized carbons (Fsp3) is 0.400. The number of amides is 2. The van der Waals surface area contributed by atoms with Crippen LogP contribution in [0.2, 0.25) is 0 Å². The van der Waals surface area contributed by atoms with Crippen LogP contribution in [0.5, 0.6) is 0 Å². The van der Waals surface area contributed by atoms with Crippen molar-refractivity contribution in [1.82, 2.24) is 9.88 Å². The normalized spacial score (nSPS) is 28.1. The molecule has 1 aromatic heterocycles. The Balaban J connectivity index is 1.20. The molecule has 0 radical (unpaired) electrons. The van der Waals surface area contributed by atoms with Crippen molar-refractivity contribution in [3.63, 3.8) is 0 Å². The van der Waals surface area contributed by atoms with E-state index in [-0.39, 0.29) is 10.7 Å². The first-order chi connectivity index (χ1) is 19.6. The minimum atomic E-state index is -0.467. The molecule has 0 spiro atoms. The highest BCUT2D eigenvalue weighted by Gasteiger charge is 2.51. The second-order valence-corrected chi connectivity index (χ2v) is 13.6. The highest BCUT2D eigenvalue weighted by atomic mass is 32.1. The second-order valence-electron chi connectivity index (χ2n) is 13.2. The largest absolute Gasteiger partial charge is 0.318 e. The molecule has 4 saturated carbocycles. The zero-order valence-electron chi connectivity index (χ0n) is 24.3. The van der Waals surface area contributed by atoms with Crippen molar-refractivity contribution in [2.45, 2.75) is 71.6 Å². The van der Waals surface area contributed by atoms with Crippen LogP contribution in [0.1, 0.15) is 72.2 Å². The van der Waals surface area contributed by atoms with E-state index >= 15 is 0 Å². The summed E-state index contributed by atoms with van der Waals surface area (Å²) in [5.74, 6) is 1.89. The summed E-state index contributed by atoms with van der Waals surface area (Å²) in [6.45, 7) is 8.08. The van der Waals surface area contributed by atoms with Gasteiger partial charge >= 0.3 is 0 Å². The van der Waals surface area contributed by atoms with Crippen molar-refractivity contribution < 1.29 is 9.59 Å². The standard InChI is InChI=1S/C35H37N3O2S/c1-20-9-21(2)11-30(10-20)38-33(40)31(32(39)36-34(38)41)16-27-12-22(3)37(23(27)4)29-7-5-28(6-8-29)35-17-24-13-25(18-35)15-26(14-24)19-35/h5-12,16,24-26H,13-15,17-19H2,1-4H3,(H,36,39,41)/b31-16+. The highest BCUT2D eigenvalue weighted by molar-refractivity contribution is 7.80. The maximum atomic E-state index is 13.6. The van der Waals surface area contributed by atoms with Crippen LogP contribution < -0.4 is 10.2 Å². The lowest BCUT2D eigenvalue weighted by molar-refractivity contribution is -0.122. The van der Waals surface area contributed by atoms with Crippen LogP contribution in [0.3, 0.4) is 0 Å². The van der Waals surface area contributed by atoms with Gasteiger partial charge in [0.05, 0.1) is 5.69 Å². The van der Waals surface area contributed by atoms with Gasteiger partial charge in [-0.3, -0.25) is 19.8 Å². The SMILES string of the molecule is Cc1cc(C)cc(N2C(=O)/C(=C/c3cc(C)n(-c4ccc(C56CC7CC(CC(C7)C5)C6)cc4)c3C)C(=O)NC2=S)c1. The lowest BCUT2D eigenvalue weighted by Gasteiger charge is -2.57. The molecule has 6 heteroatoms. The van der Waals surface area contributed by atoms with Gasteiger partial charge in [-0.1, -0.05) is 18.2 Å². The zero-order valence-corrected chi connectivity index (χ0v) is 25.1. The molecule has 1 saturated heterocycles. The molecule has 3 aromatic rings. The van der Waals surface area contributed by atoms with Crippen molar-refractivity contribution in [3.05, 3.63) is 87.7 Å². The van der Waals surface area contributed by atoms with Crippen molar-refractivity contribution >= 4 is 40.9 Å². The minimum absolute atomic E-state index is 0.0789. The van der Waals surface area contributed by atoms with Gasteiger partial charge in [0.2, 0.25) is 0 Å². The summed E-state index contributed by atoms with van der Waals surface area (Å²) < 4.78 is 2.22. The minimum Gasteiger partial charge on any atom is -0.318 e. The first-order valence-electron chi connectivity index (χ1n) is 14.9. The molecule has 2 heterocycles. The second kappa shape index (κ2) is 9.52. The van der Waals surface area contributed by atoms with Gasteiger partial charge in [0.1, 0.15) is 5.57 Å². The molecule has 41 heavy (non-hydrogen) atoms. The summed E-state index contributed by atoms with van der Waals surface area (Å²) in [4.78, 5) is 28.1. The molecule has 5 nitrogen and oxygen atoms in total. The molecule has 0 atom stereocenters. The van der Waals surface area contributed by atoms with E-state index in [9.17, 15) is 9.59 Å². The fourth-order valence-electron chi connectivity index (χ4n) is 8.89. The maximum absolute atomic E-state index is 13.6. The van der Waals surface area contributed by atoms with Crippen molar-refractivity contribution in [2.75, 3.05) is 4.90 Å². The quantitative estimate of drug-likeness (QED) is 0.211. The Kier molecular flexibility index (Phi) is 6.13. The van der Waals surface area contributed by atoms with E-state index in [1.54, 1.807) is 6.08 Å². The van der Waals surface area contributed by atoms with Gasteiger partial charge in [-0.05, 0) is 160 Å². The Morgan fingerprint density at radius 3 is 2.00 bits per heavy atom. The van der Waals surface area contributed by atoms with Crippen LogP contribution >= 0.6 is 12.2 Å². The number of carbonyl (C=O) groups excluding carboxylic acids is 2. The number of aryl methyl sites for hydroxylation is 3. The van der Waals surface area contributed by atoms with Crippen LogP contribution in [0.25, 0.3) is 11.8 Å².